The molecule has 2 rings (SSSR count). The van der Waals surface area contributed by atoms with E-state index >= 15 is 0 Å². The summed E-state index contributed by atoms with van der Waals surface area (Å²) in [6.07, 6.45) is 0. The first-order valence-electron chi connectivity index (χ1n) is 7.01. The molecule has 0 saturated carbocycles. The standard InChI is InChI=1S/C16H18N2O5/c1-10-15(11(2)23-18-10)16(20)22-9-14(19)17-8-12-4-6-13(21-3)7-5-12/h4-7H,8-9H2,1-3H3,(H,17,19). The Morgan fingerprint density at radius 1 is 1.22 bits per heavy atom. The van der Waals surface area contributed by atoms with Crippen LogP contribution in [0.3, 0.4) is 0 Å². The van der Waals surface area contributed by atoms with Crippen molar-refractivity contribution in [1.82, 2.24) is 10.5 Å². The third kappa shape index (κ3) is 4.32. The summed E-state index contributed by atoms with van der Waals surface area (Å²) in [6, 6.07) is 7.29. The molecule has 0 aliphatic rings. The quantitative estimate of drug-likeness (QED) is 0.816. The highest BCUT2D eigenvalue weighted by atomic mass is 16.5. The summed E-state index contributed by atoms with van der Waals surface area (Å²) >= 11 is 0. The van der Waals surface area contributed by atoms with E-state index < -0.39 is 5.97 Å². The van der Waals surface area contributed by atoms with Crippen molar-refractivity contribution < 1.29 is 23.6 Å². The Balaban J connectivity index is 1.79. The molecule has 0 atom stereocenters. The topological polar surface area (TPSA) is 90.7 Å². The molecule has 1 aromatic heterocycles. The summed E-state index contributed by atoms with van der Waals surface area (Å²) in [7, 11) is 1.59. The monoisotopic (exact) mass is 318 g/mol. The number of rotatable bonds is 6. The number of benzene rings is 1. The number of methoxy groups -OCH3 is 1. The zero-order chi connectivity index (χ0) is 16.8. The molecule has 0 spiro atoms. The zero-order valence-corrected chi connectivity index (χ0v) is 13.2. The molecule has 0 aliphatic carbocycles. The zero-order valence-electron chi connectivity index (χ0n) is 13.2. The van der Waals surface area contributed by atoms with Crippen molar-refractivity contribution in [3.8, 4) is 5.75 Å². The van der Waals surface area contributed by atoms with Crippen LogP contribution in [0, 0.1) is 13.8 Å². The van der Waals surface area contributed by atoms with E-state index in [0.29, 0.717) is 18.0 Å². The van der Waals surface area contributed by atoms with Crippen molar-refractivity contribution in [3.05, 3.63) is 46.8 Å². The van der Waals surface area contributed by atoms with Crippen molar-refractivity contribution >= 4 is 11.9 Å². The van der Waals surface area contributed by atoms with Gasteiger partial charge in [-0.2, -0.15) is 0 Å². The number of aromatic nitrogens is 1. The van der Waals surface area contributed by atoms with Gasteiger partial charge in [0.25, 0.3) is 5.91 Å². The van der Waals surface area contributed by atoms with Crippen LogP contribution in [-0.4, -0.2) is 30.7 Å². The Labute approximate surface area is 133 Å². The highest BCUT2D eigenvalue weighted by Gasteiger charge is 2.19. The van der Waals surface area contributed by atoms with Gasteiger partial charge in [-0.1, -0.05) is 17.3 Å². The van der Waals surface area contributed by atoms with Gasteiger partial charge in [-0.25, -0.2) is 4.79 Å². The normalized spacial score (nSPS) is 10.2. The smallest absolute Gasteiger partial charge is 0.344 e. The number of esters is 1. The molecular weight excluding hydrogens is 300 g/mol. The lowest BCUT2D eigenvalue weighted by Crippen LogP contribution is -2.28. The van der Waals surface area contributed by atoms with E-state index in [9.17, 15) is 9.59 Å². The predicted octanol–water partition coefficient (Wildman–Crippen LogP) is 1.77. The average molecular weight is 318 g/mol. The maximum atomic E-state index is 11.9. The number of carbonyl (C=O) groups excluding carboxylic acids is 2. The van der Waals surface area contributed by atoms with E-state index in [0.717, 1.165) is 11.3 Å². The third-order valence-electron chi connectivity index (χ3n) is 3.22. The molecule has 0 unspecified atom stereocenters. The minimum atomic E-state index is -0.624. The summed E-state index contributed by atoms with van der Waals surface area (Å²) in [4.78, 5) is 23.6. The summed E-state index contributed by atoms with van der Waals surface area (Å²) in [6.45, 7) is 3.22. The molecule has 7 heteroatoms. The highest BCUT2D eigenvalue weighted by Crippen LogP contribution is 2.13. The first-order valence-corrected chi connectivity index (χ1v) is 7.01. The van der Waals surface area contributed by atoms with E-state index in [4.69, 9.17) is 14.0 Å². The fourth-order valence-corrected chi connectivity index (χ4v) is 1.97. The minimum Gasteiger partial charge on any atom is -0.497 e. The molecule has 1 N–H and O–H groups in total. The second-order valence-corrected chi connectivity index (χ2v) is 4.90. The number of nitrogens with one attached hydrogen (secondary N) is 1. The summed E-state index contributed by atoms with van der Waals surface area (Å²) in [5.41, 5.74) is 1.61. The van der Waals surface area contributed by atoms with Gasteiger partial charge in [0, 0.05) is 6.54 Å². The van der Waals surface area contributed by atoms with Crippen LogP contribution >= 0.6 is 0 Å². The van der Waals surface area contributed by atoms with Crippen molar-refractivity contribution in [2.45, 2.75) is 20.4 Å². The Morgan fingerprint density at radius 2 is 1.91 bits per heavy atom. The molecule has 23 heavy (non-hydrogen) atoms. The molecule has 0 bridgehead atoms. The summed E-state index contributed by atoms with van der Waals surface area (Å²) in [5, 5.41) is 6.34. The maximum Gasteiger partial charge on any atom is 0.344 e. The van der Waals surface area contributed by atoms with Crippen LogP contribution in [0.5, 0.6) is 5.75 Å². The van der Waals surface area contributed by atoms with E-state index in [1.54, 1.807) is 33.1 Å². The minimum absolute atomic E-state index is 0.257. The number of aryl methyl sites for hydroxylation is 2. The second-order valence-electron chi connectivity index (χ2n) is 4.90. The van der Waals surface area contributed by atoms with Crippen LogP contribution in [-0.2, 0) is 16.1 Å². The lowest BCUT2D eigenvalue weighted by Gasteiger charge is -2.07. The molecule has 1 amide bonds. The van der Waals surface area contributed by atoms with Crippen LogP contribution < -0.4 is 10.1 Å². The van der Waals surface area contributed by atoms with E-state index in [1.807, 2.05) is 12.1 Å². The van der Waals surface area contributed by atoms with Gasteiger partial charge >= 0.3 is 5.97 Å². The molecule has 7 nitrogen and oxygen atoms in total. The second kappa shape index (κ2) is 7.44. The van der Waals surface area contributed by atoms with Gasteiger partial charge in [-0.3, -0.25) is 4.79 Å². The van der Waals surface area contributed by atoms with Gasteiger partial charge in [-0.15, -0.1) is 0 Å². The van der Waals surface area contributed by atoms with E-state index in [1.165, 1.54) is 0 Å². The Morgan fingerprint density at radius 3 is 2.48 bits per heavy atom. The van der Waals surface area contributed by atoms with E-state index in [2.05, 4.69) is 10.5 Å². The molecule has 2 aromatic rings. The molecular formula is C16H18N2O5. The molecule has 1 heterocycles. The Kier molecular flexibility index (Phi) is 5.35. The van der Waals surface area contributed by atoms with Crippen LogP contribution in [0.4, 0.5) is 0 Å². The number of hydrogen-bond donors (Lipinski definition) is 1. The van der Waals surface area contributed by atoms with Gasteiger partial charge in [0.05, 0.1) is 12.8 Å². The summed E-state index contributed by atoms with van der Waals surface area (Å²) in [5.74, 6) is 0.0985. The Bertz CT molecular complexity index is 671. The van der Waals surface area contributed by atoms with Crippen LogP contribution in [0.2, 0.25) is 0 Å². The van der Waals surface area contributed by atoms with Crippen LogP contribution in [0.1, 0.15) is 27.4 Å². The number of nitrogens with zero attached hydrogens (tertiary/aromatic N) is 1. The molecule has 1 aromatic carbocycles. The first-order chi connectivity index (χ1) is 11.0. The number of carbonyl (C=O) groups is 2. The van der Waals surface area contributed by atoms with Gasteiger partial charge in [0.15, 0.2) is 6.61 Å². The number of ether oxygens (including phenoxy) is 2. The van der Waals surface area contributed by atoms with Gasteiger partial charge in [-0.05, 0) is 31.5 Å². The highest BCUT2D eigenvalue weighted by molar-refractivity contribution is 5.93. The van der Waals surface area contributed by atoms with Crippen LogP contribution in [0.25, 0.3) is 0 Å². The van der Waals surface area contributed by atoms with Gasteiger partial charge in [0.1, 0.15) is 17.1 Å². The summed E-state index contributed by atoms with van der Waals surface area (Å²) < 4.78 is 14.9. The third-order valence-corrected chi connectivity index (χ3v) is 3.22. The van der Waals surface area contributed by atoms with Crippen molar-refractivity contribution in [1.29, 1.82) is 0 Å². The van der Waals surface area contributed by atoms with Crippen molar-refractivity contribution in [3.63, 3.8) is 0 Å². The average Bonchev–Trinajstić information content (AvgIpc) is 2.90. The fourth-order valence-electron chi connectivity index (χ4n) is 1.97. The molecule has 0 radical (unpaired) electrons. The largest absolute Gasteiger partial charge is 0.497 e. The van der Waals surface area contributed by atoms with Gasteiger partial charge in [0.2, 0.25) is 0 Å². The van der Waals surface area contributed by atoms with Crippen molar-refractivity contribution in [2.24, 2.45) is 0 Å². The predicted molar refractivity (Wildman–Crippen MR) is 81.1 cm³/mol. The molecule has 122 valence electrons. The number of amides is 1. The number of hydrogen-bond acceptors (Lipinski definition) is 6. The molecule has 0 aliphatic heterocycles. The van der Waals surface area contributed by atoms with Gasteiger partial charge < -0.3 is 19.3 Å². The maximum absolute atomic E-state index is 11.9. The fraction of sp³-hybridized carbons (Fsp3) is 0.312. The van der Waals surface area contributed by atoms with Crippen molar-refractivity contribution in [2.75, 3.05) is 13.7 Å². The van der Waals surface area contributed by atoms with E-state index in [-0.39, 0.29) is 18.1 Å². The molecule has 0 fully saturated rings. The molecule has 0 saturated heterocycles. The Hall–Kier alpha value is -2.83. The van der Waals surface area contributed by atoms with Crippen LogP contribution in [0.15, 0.2) is 28.8 Å². The first kappa shape index (κ1) is 16.5. The lowest BCUT2D eigenvalue weighted by atomic mass is 10.2. The SMILES string of the molecule is COc1ccc(CNC(=O)COC(=O)c2c(C)noc2C)cc1. The lowest BCUT2D eigenvalue weighted by molar-refractivity contribution is -0.124.